The molecule has 1 N–H and O–H groups in total. The van der Waals surface area contributed by atoms with Crippen LogP contribution in [0.4, 0.5) is 0 Å². The van der Waals surface area contributed by atoms with Crippen LogP contribution in [0.5, 0.6) is 0 Å². The maximum absolute atomic E-state index is 12.2. The van der Waals surface area contributed by atoms with Crippen LogP contribution in [0.15, 0.2) is 18.2 Å². The summed E-state index contributed by atoms with van der Waals surface area (Å²) in [7, 11) is 0. The maximum atomic E-state index is 12.2. The molecule has 0 heterocycles. The number of likely N-dealkylation sites (N-methyl/N-ethyl adjacent to an activating group) is 1. The van der Waals surface area contributed by atoms with Crippen molar-refractivity contribution in [3.8, 4) is 0 Å². The lowest BCUT2D eigenvalue weighted by Gasteiger charge is -2.20. The first kappa shape index (κ1) is 14.1. The summed E-state index contributed by atoms with van der Waals surface area (Å²) in [6.07, 6.45) is 4.71. The molecule has 0 saturated heterocycles. The van der Waals surface area contributed by atoms with Gasteiger partial charge in [0.05, 0.1) is 6.42 Å². The Kier molecular flexibility index (Phi) is 4.97. The summed E-state index contributed by atoms with van der Waals surface area (Å²) in [5.74, 6) is 0.161. The number of benzene rings is 1. The van der Waals surface area contributed by atoms with Gasteiger partial charge in [0.1, 0.15) is 0 Å². The normalized spacial score (nSPS) is 13.4. The molecule has 1 aromatic carbocycles. The Hall–Kier alpha value is -1.35. The van der Waals surface area contributed by atoms with E-state index in [0.29, 0.717) is 25.9 Å². The minimum absolute atomic E-state index is 0.141. The molecule has 3 heteroatoms. The van der Waals surface area contributed by atoms with E-state index < -0.39 is 0 Å². The minimum Gasteiger partial charge on any atom is -0.396 e. The Labute approximate surface area is 115 Å². The predicted octanol–water partition coefficient (Wildman–Crippen LogP) is 1.95. The monoisotopic (exact) mass is 261 g/mol. The first-order chi connectivity index (χ1) is 9.24. The topological polar surface area (TPSA) is 40.5 Å². The smallest absolute Gasteiger partial charge is 0.226 e. The fraction of sp³-hybridized carbons (Fsp3) is 0.562. The third kappa shape index (κ3) is 3.57. The van der Waals surface area contributed by atoms with Crippen molar-refractivity contribution in [1.29, 1.82) is 0 Å². The van der Waals surface area contributed by atoms with Gasteiger partial charge in [-0.25, -0.2) is 0 Å². The molecule has 0 aliphatic heterocycles. The molecule has 0 radical (unpaired) electrons. The molecule has 19 heavy (non-hydrogen) atoms. The van der Waals surface area contributed by atoms with Crippen LogP contribution in [-0.4, -0.2) is 35.6 Å². The zero-order chi connectivity index (χ0) is 13.7. The van der Waals surface area contributed by atoms with Gasteiger partial charge in [0.25, 0.3) is 0 Å². The number of rotatable bonds is 6. The highest BCUT2D eigenvalue weighted by Crippen LogP contribution is 2.23. The molecule has 1 aliphatic carbocycles. The number of carbonyl (C=O) groups excluding carboxylic acids is 1. The van der Waals surface area contributed by atoms with E-state index >= 15 is 0 Å². The van der Waals surface area contributed by atoms with Crippen LogP contribution in [0.1, 0.15) is 36.5 Å². The van der Waals surface area contributed by atoms with Crippen molar-refractivity contribution in [1.82, 2.24) is 4.90 Å². The lowest BCUT2D eigenvalue weighted by atomic mass is 10.0. The molecule has 0 saturated carbocycles. The van der Waals surface area contributed by atoms with Gasteiger partial charge in [-0.2, -0.15) is 0 Å². The number of hydrogen-bond donors (Lipinski definition) is 1. The van der Waals surface area contributed by atoms with Crippen molar-refractivity contribution >= 4 is 5.91 Å². The highest BCUT2D eigenvalue weighted by molar-refractivity contribution is 5.78. The molecule has 0 unspecified atom stereocenters. The van der Waals surface area contributed by atoms with Gasteiger partial charge in [0.15, 0.2) is 0 Å². The molecule has 3 nitrogen and oxygen atoms in total. The van der Waals surface area contributed by atoms with Crippen LogP contribution in [0.3, 0.4) is 0 Å². The molecule has 1 aliphatic rings. The molecular formula is C16H23NO2. The van der Waals surface area contributed by atoms with Crippen LogP contribution >= 0.6 is 0 Å². The van der Waals surface area contributed by atoms with Gasteiger partial charge < -0.3 is 10.0 Å². The number of nitrogens with zero attached hydrogens (tertiary/aromatic N) is 1. The van der Waals surface area contributed by atoms with Crippen molar-refractivity contribution in [2.45, 2.75) is 39.0 Å². The highest BCUT2D eigenvalue weighted by atomic mass is 16.3. The minimum atomic E-state index is 0.141. The molecule has 0 aromatic heterocycles. The van der Waals surface area contributed by atoms with E-state index in [1.807, 2.05) is 11.8 Å². The molecule has 1 amide bonds. The molecular weight excluding hydrogens is 238 g/mol. The summed E-state index contributed by atoms with van der Waals surface area (Å²) in [5, 5.41) is 8.85. The van der Waals surface area contributed by atoms with Gasteiger partial charge in [-0.3, -0.25) is 4.79 Å². The average molecular weight is 261 g/mol. The second kappa shape index (κ2) is 6.71. The molecule has 0 spiro atoms. The van der Waals surface area contributed by atoms with E-state index in [1.165, 1.54) is 24.0 Å². The van der Waals surface area contributed by atoms with Crippen LogP contribution in [0, 0.1) is 0 Å². The third-order valence-electron chi connectivity index (χ3n) is 3.84. The number of aliphatic hydroxyl groups excluding tert-OH is 1. The number of fused-ring (bicyclic) bond motifs is 1. The molecule has 104 valence electrons. The maximum Gasteiger partial charge on any atom is 0.226 e. The third-order valence-corrected chi connectivity index (χ3v) is 3.84. The van der Waals surface area contributed by atoms with E-state index in [-0.39, 0.29) is 12.5 Å². The van der Waals surface area contributed by atoms with Gasteiger partial charge in [0, 0.05) is 19.7 Å². The zero-order valence-corrected chi connectivity index (χ0v) is 11.7. The fourth-order valence-corrected chi connectivity index (χ4v) is 2.74. The Bertz CT molecular complexity index is 442. The first-order valence-corrected chi connectivity index (χ1v) is 7.24. The molecule has 2 rings (SSSR count). The number of carbonyl (C=O) groups is 1. The fourth-order valence-electron chi connectivity index (χ4n) is 2.74. The lowest BCUT2D eigenvalue weighted by Crippen LogP contribution is -2.33. The summed E-state index contributed by atoms with van der Waals surface area (Å²) in [6, 6.07) is 6.46. The summed E-state index contributed by atoms with van der Waals surface area (Å²) in [5.41, 5.74) is 3.99. The van der Waals surface area contributed by atoms with E-state index in [2.05, 4.69) is 18.2 Å². The van der Waals surface area contributed by atoms with Crippen molar-refractivity contribution in [3.63, 3.8) is 0 Å². The SMILES string of the molecule is CCN(CCCO)C(=O)Cc1ccc2c(c1)CCC2. The van der Waals surface area contributed by atoms with E-state index in [4.69, 9.17) is 5.11 Å². The van der Waals surface area contributed by atoms with Gasteiger partial charge in [-0.1, -0.05) is 18.2 Å². The van der Waals surface area contributed by atoms with Crippen LogP contribution in [0.2, 0.25) is 0 Å². The summed E-state index contributed by atoms with van der Waals surface area (Å²) >= 11 is 0. The van der Waals surface area contributed by atoms with Gasteiger partial charge in [-0.15, -0.1) is 0 Å². The van der Waals surface area contributed by atoms with E-state index in [9.17, 15) is 4.79 Å². The number of hydrogen-bond acceptors (Lipinski definition) is 2. The van der Waals surface area contributed by atoms with Gasteiger partial charge in [-0.05, 0) is 49.3 Å². The second-order valence-electron chi connectivity index (χ2n) is 5.18. The van der Waals surface area contributed by atoms with Crippen molar-refractivity contribution in [3.05, 3.63) is 34.9 Å². The standard InChI is InChI=1S/C16H23NO2/c1-2-17(9-4-10-18)16(19)12-13-7-8-14-5-3-6-15(14)11-13/h7-8,11,18H,2-6,9-10,12H2,1H3. The zero-order valence-electron chi connectivity index (χ0n) is 11.7. The lowest BCUT2D eigenvalue weighted by molar-refractivity contribution is -0.130. The Balaban J connectivity index is 1.97. The summed E-state index contributed by atoms with van der Waals surface area (Å²) in [6.45, 7) is 3.49. The molecule has 1 aromatic rings. The number of amides is 1. The van der Waals surface area contributed by atoms with Gasteiger partial charge in [0.2, 0.25) is 5.91 Å². The van der Waals surface area contributed by atoms with Crippen LogP contribution in [-0.2, 0) is 24.1 Å². The summed E-state index contributed by atoms with van der Waals surface area (Å²) < 4.78 is 0. The largest absolute Gasteiger partial charge is 0.396 e. The Morgan fingerprint density at radius 3 is 2.84 bits per heavy atom. The quantitative estimate of drug-likeness (QED) is 0.850. The van der Waals surface area contributed by atoms with E-state index in [1.54, 1.807) is 0 Å². The van der Waals surface area contributed by atoms with E-state index in [0.717, 1.165) is 12.0 Å². The number of aliphatic hydroxyl groups is 1. The van der Waals surface area contributed by atoms with Crippen LogP contribution in [0.25, 0.3) is 0 Å². The Morgan fingerprint density at radius 2 is 2.11 bits per heavy atom. The average Bonchev–Trinajstić information content (AvgIpc) is 2.87. The molecule has 0 fully saturated rings. The predicted molar refractivity (Wildman–Crippen MR) is 76.1 cm³/mol. The van der Waals surface area contributed by atoms with Crippen molar-refractivity contribution < 1.29 is 9.90 Å². The van der Waals surface area contributed by atoms with Crippen molar-refractivity contribution in [2.24, 2.45) is 0 Å². The first-order valence-electron chi connectivity index (χ1n) is 7.24. The van der Waals surface area contributed by atoms with Crippen molar-refractivity contribution in [2.75, 3.05) is 19.7 Å². The van der Waals surface area contributed by atoms with Crippen LogP contribution < -0.4 is 0 Å². The Morgan fingerprint density at radius 1 is 1.32 bits per heavy atom. The van der Waals surface area contributed by atoms with Gasteiger partial charge >= 0.3 is 0 Å². The highest BCUT2D eigenvalue weighted by Gasteiger charge is 2.15. The second-order valence-corrected chi connectivity index (χ2v) is 5.18. The number of aryl methyl sites for hydroxylation is 2. The summed E-state index contributed by atoms with van der Waals surface area (Å²) in [4.78, 5) is 14.0. The molecule has 0 atom stereocenters. The molecule has 0 bridgehead atoms.